The molecule has 0 aliphatic carbocycles. The van der Waals surface area contributed by atoms with E-state index >= 15 is 0 Å². The second kappa shape index (κ2) is 4.39. The van der Waals surface area contributed by atoms with E-state index in [0.717, 1.165) is 11.1 Å². The van der Waals surface area contributed by atoms with Gasteiger partial charge in [0.1, 0.15) is 10.7 Å². The number of nitrogens with two attached hydrogens (primary N) is 1. The molecule has 0 saturated heterocycles. The van der Waals surface area contributed by atoms with Crippen molar-refractivity contribution in [2.75, 3.05) is 14.1 Å². The van der Waals surface area contributed by atoms with E-state index in [1.807, 2.05) is 25.1 Å². The van der Waals surface area contributed by atoms with Crippen molar-refractivity contribution < 1.29 is 5.11 Å². The molecule has 0 fully saturated rings. The molecule has 0 aliphatic rings. The van der Waals surface area contributed by atoms with Gasteiger partial charge in [-0.3, -0.25) is 0 Å². The number of phenolic OH excluding ortho intramolecular Hbond substituents is 1. The maximum Gasteiger partial charge on any atom is 0.120 e. The minimum atomic E-state index is 0.277. The van der Waals surface area contributed by atoms with Crippen LogP contribution in [0, 0.1) is 0 Å². The van der Waals surface area contributed by atoms with Crippen molar-refractivity contribution in [1.29, 1.82) is 0 Å². The fourth-order valence-electron chi connectivity index (χ4n) is 1.21. The second-order valence-corrected chi connectivity index (χ2v) is 3.89. The predicted molar refractivity (Wildman–Crippen MR) is 61.4 cm³/mol. The van der Waals surface area contributed by atoms with Gasteiger partial charge in [0.05, 0.1) is 0 Å². The standard InChI is InChI=1S/C10H14N2OS/c1-12(2)6-8-5-7(10(11)14)3-4-9(8)13/h3-5,13H,6H2,1-2H3,(H2,11,14). The molecule has 14 heavy (non-hydrogen) atoms. The summed E-state index contributed by atoms with van der Waals surface area (Å²) in [7, 11) is 3.87. The number of hydrogen-bond donors (Lipinski definition) is 2. The summed E-state index contributed by atoms with van der Waals surface area (Å²) in [5.74, 6) is 0.277. The summed E-state index contributed by atoms with van der Waals surface area (Å²) in [6, 6.07) is 5.15. The summed E-state index contributed by atoms with van der Waals surface area (Å²) in [6.07, 6.45) is 0. The molecule has 0 saturated carbocycles. The number of aromatic hydroxyl groups is 1. The van der Waals surface area contributed by atoms with Crippen LogP contribution in [0.15, 0.2) is 18.2 Å². The third-order valence-corrected chi connectivity index (χ3v) is 2.09. The molecule has 0 atom stereocenters. The number of thiocarbonyl (C=S) groups is 1. The highest BCUT2D eigenvalue weighted by Gasteiger charge is 2.05. The van der Waals surface area contributed by atoms with Crippen molar-refractivity contribution >= 4 is 17.2 Å². The number of phenols is 1. The third kappa shape index (κ3) is 2.68. The van der Waals surface area contributed by atoms with Crippen LogP contribution < -0.4 is 5.73 Å². The summed E-state index contributed by atoms with van der Waals surface area (Å²) in [5.41, 5.74) is 7.12. The van der Waals surface area contributed by atoms with Gasteiger partial charge in [-0.2, -0.15) is 0 Å². The van der Waals surface area contributed by atoms with E-state index in [1.54, 1.807) is 12.1 Å². The molecule has 0 amide bonds. The molecule has 3 nitrogen and oxygen atoms in total. The summed E-state index contributed by atoms with van der Waals surface area (Å²) >= 11 is 4.86. The first-order chi connectivity index (χ1) is 6.50. The van der Waals surface area contributed by atoms with Crippen LogP contribution in [0.1, 0.15) is 11.1 Å². The number of benzene rings is 1. The Hall–Kier alpha value is -1.13. The van der Waals surface area contributed by atoms with Crippen LogP contribution in [0.4, 0.5) is 0 Å². The highest BCUT2D eigenvalue weighted by molar-refractivity contribution is 7.80. The van der Waals surface area contributed by atoms with Crippen LogP contribution in [0.5, 0.6) is 5.75 Å². The van der Waals surface area contributed by atoms with Crippen LogP contribution >= 0.6 is 12.2 Å². The van der Waals surface area contributed by atoms with E-state index in [-0.39, 0.29) is 5.75 Å². The van der Waals surface area contributed by atoms with Gasteiger partial charge >= 0.3 is 0 Å². The van der Waals surface area contributed by atoms with Crippen LogP contribution in [0.3, 0.4) is 0 Å². The van der Waals surface area contributed by atoms with E-state index in [4.69, 9.17) is 18.0 Å². The van der Waals surface area contributed by atoms with Gasteiger partial charge in [-0.15, -0.1) is 0 Å². The van der Waals surface area contributed by atoms with Gasteiger partial charge < -0.3 is 15.7 Å². The highest BCUT2D eigenvalue weighted by Crippen LogP contribution is 2.19. The Labute approximate surface area is 89.1 Å². The zero-order valence-corrected chi connectivity index (χ0v) is 9.14. The van der Waals surface area contributed by atoms with E-state index < -0.39 is 0 Å². The molecule has 0 radical (unpaired) electrons. The molecule has 1 aromatic rings. The summed E-state index contributed by atoms with van der Waals surface area (Å²) < 4.78 is 0. The molecule has 1 aromatic carbocycles. The first-order valence-corrected chi connectivity index (χ1v) is 4.68. The molecular formula is C10H14N2OS. The molecule has 1 rings (SSSR count). The van der Waals surface area contributed by atoms with E-state index in [1.165, 1.54) is 0 Å². The molecule has 3 N–H and O–H groups in total. The molecular weight excluding hydrogens is 196 g/mol. The minimum absolute atomic E-state index is 0.277. The Morgan fingerprint density at radius 1 is 1.50 bits per heavy atom. The van der Waals surface area contributed by atoms with Gasteiger partial charge in [0, 0.05) is 17.7 Å². The largest absolute Gasteiger partial charge is 0.508 e. The van der Waals surface area contributed by atoms with Crippen molar-refractivity contribution in [2.24, 2.45) is 5.73 Å². The van der Waals surface area contributed by atoms with Gasteiger partial charge in [-0.25, -0.2) is 0 Å². The average molecular weight is 210 g/mol. The van der Waals surface area contributed by atoms with Crippen molar-refractivity contribution in [2.45, 2.75) is 6.54 Å². The third-order valence-electron chi connectivity index (χ3n) is 1.85. The SMILES string of the molecule is CN(C)Cc1cc(C(N)=S)ccc1O. The minimum Gasteiger partial charge on any atom is -0.508 e. The summed E-state index contributed by atoms with van der Waals surface area (Å²) in [6.45, 7) is 0.669. The van der Waals surface area contributed by atoms with Crippen molar-refractivity contribution in [1.82, 2.24) is 4.90 Å². The number of hydrogen-bond acceptors (Lipinski definition) is 3. The van der Waals surface area contributed by atoms with Gasteiger partial charge in [0.25, 0.3) is 0 Å². The molecule has 0 bridgehead atoms. The van der Waals surface area contributed by atoms with Crippen LogP contribution in [0.25, 0.3) is 0 Å². The lowest BCUT2D eigenvalue weighted by atomic mass is 10.1. The monoisotopic (exact) mass is 210 g/mol. The van der Waals surface area contributed by atoms with Gasteiger partial charge in [0.15, 0.2) is 0 Å². The van der Waals surface area contributed by atoms with E-state index in [0.29, 0.717) is 11.5 Å². The van der Waals surface area contributed by atoms with Crippen LogP contribution in [-0.4, -0.2) is 29.1 Å². The topological polar surface area (TPSA) is 49.5 Å². The summed E-state index contributed by atoms with van der Waals surface area (Å²) in [5, 5.41) is 9.55. The molecule has 0 aromatic heterocycles. The van der Waals surface area contributed by atoms with E-state index in [2.05, 4.69) is 0 Å². The Kier molecular flexibility index (Phi) is 3.43. The molecule has 4 heteroatoms. The zero-order chi connectivity index (χ0) is 10.7. The van der Waals surface area contributed by atoms with Crippen LogP contribution in [0.2, 0.25) is 0 Å². The molecule has 0 spiro atoms. The average Bonchev–Trinajstić information content (AvgIpc) is 2.07. The van der Waals surface area contributed by atoms with Gasteiger partial charge in [-0.05, 0) is 32.3 Å². The zero-order valence-electron chi connectivity index (χ0n) is 8.32. The van der Waals surface area contributed by atoms with Crippen LogP contribution in [-0.2, 0) is 6.54 Å². The maximum absolute atomic E-state index is 9.55. The smallest absolute Gasteiger partial charge is 0.120 e. The predicted octanol–water partition coefficient (Wildman–Crippen LogP) is 1.09. The molecule has 0 aliphatic heterocycles. The maximum atomic E-state index is 9.55. The van der Waals surface area contributed by atoms with Crippen molar-refractivity contribution in [3.63, 3.8) is 0 Å². The highest BCUT2D eigenvalue weighted by atomic mass is 32.1. The Balaban J connectivity index is 3.02. The van der Waals surface area contributed by atoms with Gasteiger partial charge in [0.2, 0.25) is 0 Å². The Morgan fingerprint density at radius 2 is 2.14 bits per heavy atom. The molecule has 0 unspecified atom stereocenters. The quantitative estimate of drug-likeness (QED) is 0.733. The molecule has 0 heterocycles. The lowest BCUT2D eigenvalue weighted by molar-refractivity contribution is 0.386. The van der Waals surface area contributed by atoms with Crippen molar-refractivity contribution in [3.8, 4) is 5.75 Å². The second-order valence-electron chi connectivity index (χ2n) is 3.45. The number of rotatable bonds is 3. The fraction of sp³-hybridized carbons (Fsp3) is 0.300. The summed E-state index contributed by atoms with van der Waals surface area (Å²) in [4.78, 5) is 2.32. The van der Waals surface area contributed by atoms with E-state index in [9.17, 15) is 5.11 Å². The number of nitrogens with zero attached hydrogens (tertiary/aromatic N) is 1. The lowest BCUT2D eigenvalue weighted by Crippen LogP contribution is -2.13. The first kappa shape index (κ1) is 10.9. The normalized spacial score (nSPS) is 10.5. The van der Waals surface area contributed by atoms with Gasteiger partial charge in [-0.1, -0.05) is 12.2 Å². The van der Waals surface area contributed by atoms with Crippen molar-refractivity contribution in [3.05, 3.63) is 29.3 Å². The Morgan fingerprint density at radius 3 is 2.64 bits per heavy atom. The fourth-order valence-corrected chi connectivity index (χ4v) is 1.33. The molecule has 76 valence electrons. The lowest BCUT2D eigenvalue weighted by Gasteiger charge is -2.12. The first-order valence-electron chi connectivity index (χ1n) is 4.27. The Bertz CT molecular complexity index is 350.